The van der Waals surface area contributed by atoms with Crippen LogP contribution in [0.4, 0.5) is 11.5 Å². The number of benzene rings is 1. The van der Waals surface area contributed by atoms with Crippen LogP contribution in [0, 0.1) is 5.92 Å². The van der Waals surface area contributed by atoms with E-state index in [4.69, 9.17) is 21.1 Å². The lowest BCUT2D eigenvalue weighted by molar-refractivity contribution is 0.405. The molecule has 0 radical (unpaired) electrons. The van der Waals surface area contributed by atoms with E-state index >= 15 is 0 Å². The fourth-order valence-electron chi connectivity index (χ4n) is 2.25. The lowest BCUT2D eigenvalue weighted by Crippen LogP contribution is -2.03. The first-order valence-corrected chi connectivity index (χ1v) is 7.58. The number of methoxy groups -OCH3 is 2. The van der Waals surface area contributed by atoms with Gasteiger partial charge in [-0.25, -0.2) is 9.97 Å². The first-order valence-electron chi connectivity index (χ1n) is 7.20. The minimum absolute atomic E-state index is 0.440. The Labute approximate surface area is 134 Å². The molecule has 0 unspecified atom stereocenters. The van der Waals surface area contributed by atoms with E-state index in [-0.39, 0.29) is 0 Å². The second-order valence-electron chi connectivity index (χ2n) is 5.33. The van der Waals surface area contributed by atoms with E-state index < -0.39 is 0 Å². The van der Waals surface area contributed by atoms with Crippen LogP contribution in [-0.2, 0) is 6.42 Å². The Morgan fingerprint density at radius 1 is 1.18 bits per heavy atom. The third kappa shape index (κ3) is 3.60. The monoisotopic (exact) mass is 319 g/mol. The molecule has 0 amide bonds. The molecule has 116 valence electrons. The zero-order valence-corrected chi connectivity index (χ0v) is 13.4. The standard InChI is InChI=1S/C16H18ClN3O2/c1-21-11-5-6-13(22-2)12(8-11)18-16-9-14(17)19-15(20-16)7-10-3-4-10/h5-6,8-10H,3-4,7H2,1-2H3,(H,18,19,20). The smallest absolute Gasteiger partial charge is 0.142 e. The predicted molar refractivity (Wildman–Crippen MR) is 86.3 cm³/mol. The first-order chi connectivity index (χ1) is 10.7. The molecular formula is C16H18ClN3O2. The summed E-state index contributed by atoms with van der Waals surface area (Å²) >= 11 is 6.11. The van der Waals surface area contributed by atoms with E-state index in [0.717, 1.165) is 23.7 Å². The highest BCUT2D eigenvalue weighted by Gasteiger charge is 2.23. The van der Waals surface area contributed by atoms with Crippen molar-refractivity contribution in [3.05, 3.63) is 35.2 Å². The van der Waals surface area contributed by atoms with Gasteiger partial charge >= 0.3 is 0 Å². The Balaban J connectivity index is 1.86. The van der Waals surface area contributed by atoms with E-state index in [1.165, 1.54) is 12.8 Å². The van der Waals surface area contributed by atoms with Gasteiger partial charge in [-0.3, -0.25) is 0 Å². The highest BCUT2D eigenvalue weighted by Crippen LogP contribution is 2.33. The SMILES string of the molecule is COc1ccc(OC)c(Nc2cc(Cl)nc(CC3CC3)n2)c1. The fraction of sp³-hybridized carbons (Fsp3) is 0.375. The van der Waals surface area contributed by atoms with Crippen molar-refractivity contribution in [3.63, 3.8) is 0 Å². The molecule has 1 heterocycles. The van der Waals surface area contributed by atoms with Gasteiger partial charge in [-0.15, -0.1) is 0 Å². The van der Waals surface area contributed by atoms with Crippen LogP contribution in [-0.4, -0.2) is 24.2 Å². The average molecular weight is 320 g/mol. The summed E-state index contributed by atoms with van der Waals surface area (Å²) in [4.78, 5) is 8.83. The van der Waals surface area contributed by atoms with Gasteiger partial charge in [0, 0.05) is 18.6 Å². The molecule has 0 spiro atoms. The quantitative estimate of drug-likeness (QED) is 0.820. The molecule has 3 rings (SSSR count). The van der Waals surface area contributed by atoms with Crippen LogP contribution in [0.3, 0.4) is 0 Å². The van der Waals surface area contributed by atoms with Gasteiger partial charge in [0.05, 0.1) is 19.9 Å². The first kappa shape index (κ1) is 14.9. The average Bonchev–Trinajstić information content (AvgIpc) is 3.30. The third-order valence-corrected chi connectivity index (χ3v) is 3.77. The summed E-state index contributed by atoms with van der Waals surface area (Å²) in [5.74, 6) is 3.58. The van der Waals surface area contributed by atoms with Gasteiger partial charge in [0.2, 0.25) is 0 Å². The summed E-state index contributed by atoms with van der Waals surface area (Å²) < 4.78 is 10.6. The summed E-state index contributed by atoms with van der Waals surface area (Å²) in [6.45, 7) is 0. The molecule has 1 saturated carbocycles. The molecule has 2 aromatic rings. The van der Waals surface area contributed by atoms with Gasteiger partial charge in [0.25, 0.3) is 0 Å². The molecule has 1 aliphatic carbocycles. The number of hydrogen-bond acceptors (Lipinski definition) is 5. The second-order valence-corrected chi connectivity index (χ2v) is 5.72. The summed E-state index contributed by atoms with van der Waals surface area (Å²) in [6.07, 6.45) is 3.38. The number of anilines is 2. The Kier molecular flexibility index (Phi) is 4.34. The summed E-state index contributed by atoms with van der Waals surface area (Å²) in [6, 6.07) is 7.25. The summed E-state index contributed by atoms with van der Waals surface area (Å²) in [7, 11) is 3.25. The van der Waals surface area contributed by atoms with Gasteiger partial charge in [-0.2, -0.15) is 0 Å². The molecule has 1 aliphatic rings. The van der Waals surface area contributed by atoms with Crippen molar-refractivity contribution >= 4 is 23.1 Å². The fourth-order valence-corrected chi connectivity index (χ4v) is 2.45. The van der Waals surface area contributed by atoms with E-state index in [1.807, 2.05) is 18.2 Å². The molecule has 0 bridgehead atoms. The lowest BCUT2D eigenvalue weighted by Gasteiger charge is -2.13. The molecule has 1 N–H and O–H groups in total. The topological polar surface area (TPSA) is 56.3 Å². The number of halogens is 1. The number of aromatic nitrogens is 2. The van der Waals surface area contributed by atoms with Crippen LogP contribution < -0.4 is 14.8 Å². The summed E-state index contributed by atoms with van der Waals surface area (Å²) in [5.41, 5.74) is 0.772. The molecule has 22 heavy (non-hydrogen) atoms. The zero-order chi connectivity index (χ0) is 15.5. The molecule has 5 nitrogen and oxygen atoms in total. The van der Waals surface area contributed by atoms with Crippen LogP contribution in [0.5, 0.6) is 11.5 Å². The number of nitrogens with one attached hydrogen (secondary N) is 1. The molecule has 0 atom stereocenters. The molecule has 1 aromatic carbocycles. The van der Waals surface area contributed by atoms with Gasteiger partial charge in [-0.05, 0) is 30.9 Å². The van der Waals surface area contributed by atoms with E-state index in [9.17, 15) is 0 Å². The Bertz CT molecular complexity index is 674. The molecule has 0 aliphatic heterocycles. The molecule has 0 saturated heterocycles. The number of hydrogen-bond donors (Lipinski definition) is 1. The molecular weight excluding hydrogens is 302 g/mol. The highest BCUT2D eigenvalue weighted by atomic mass is 35.5. The summed E-state index contributed by atoms with van der Waals surface area (Å²) in [5, 5.41) is 3.67. The minimum Gasteiger partial charge on any atom is -0.497 e. The zero-order valence-electron chi connectivity index (χ0n) is 12.6. The van der Waals surface area contributed by atoms with Gasteiger partial charge in [0.15, 0.2) is 0 Å². The van der Waals surface area contributed by atoms with E-state index in [0.29, 0.717) is 22.6 Å². The van der Waals surface area contributed by atoms with Crippen LogP contribution in [0.2, 0.25) is 5.15 Å². The van der Waals surface area contributed by atoms with Crippen molar-refractivity contribution in [1.82, 2.24) is 9.97 Å². The van der Waals surface area contributed by atoms with Crippen LogP contribution in [0.25, 0.3) is 0 Å². The Morgan fingerprint density at radius 2 is 2.00 bits per heavy atom. The Morgan fingerprint density at radius 3 is 2.68 bits per heavy atom. The van der Waals surface area contributed by atoms with Crippen molar-refractivity contribution in [2.75, 3.05) is 19.5 Å². The lowest BCUT2D eigenvalue weighted by atomic mass is 10.2. The number of ether oxygens (including phenoxy) is 2. The van der Waals surface area contributed by atoms with Crippen LogP contribution >= 0.6 is 11.6 Å². The maximum atomic E-state index is 6.11. The van der Waals surface area contributed by atoms with Crippen molar-refractivity contribution in [2.24, 2.45) is 5.92 Å². The predicted octanol–water partition coefficient (Wildman–Crippen LogP) is 3.84. The largest absolute Gasteiger partial charge is 0.497 e. The highest BCUT2D eigenvalue weighted by molar-refractivity contribution is 6.29. The minimum atomic E-state index is 0.440. The van der Waals surface area contributed by atoms with Gasteiger partial charge in [0.1, 0.15) is 28.3 Å². The number of nitrogens with zero attached hydrogens (tertiary/aromatic N) is 2. The van der Waals surface area contributed by atoms with Gasteiger partial charge < -0.3 is 14.8 Å². The maximum Gasteiger partial charge on any atom is 0.142 e. The maximum absolute atomic E-state index is 6.11. The molecule has 1 aromatic heterocycles. The molecule has 1 fully saturated rings. The van der Waals surface area contributed by atoms with Crippen molar-refractivity contribution < 1.29 is 9.47 Å². The normalized spacial score (nSPS) is 13.8. The van der Waals surface area contributed by atoms with Crippen LogP contribution in [0.15, 0.2) is 24.3 Å². The van der Waals surface area contributed by atoms with Crippen molar-refractivity contribution in [1.29, 1.82) is 0 Å². The second kappa shape index (κ2) is 6.40. The van der Waals surface area contributed by atoms with Crippen molar-refractivity contribution in [2.45, 2.75) is 19.3 Å². The van der Waals surface area contributed by atoms with Crippen molar-refractivity contribution in [3.8, 4) is 11.5 Å². The van der Waals surface area contributed by atoms with E-state index in [1.54, 1.807) is 20.3 Å². The van der Waals surface area contributed by atoms with Gasteiger partial charge in [-0.1, -0.05) is 11.6 Å². The number of rotatable bonds is 6. The van der Waals surface area contributed by atoms with E-state index in [2.05, 4.69) is 15.3 Å². The Hall–Kier alpha value is -2.01. The third-order valence-electron chi connectivity index (χ3n) is 3.58. The van der Waals surface area contributed by atoms with Crippen LogP contribution in [0.1, 0.15) is 18.7 Å². The molecule has 6 heteroatoms.